The van der Waals surface area contributed by atoms with Gasteiger partial charge >= 0.3 is 0 Å². The van der Waals surface area contributed by atoms with Crippen molar-refractivity contribution in [3.05, 3.63) is 0 Å². The first-order valence-electron chi connectivity index (χ1n) is 9.45. The van der Waals surface area contributed by atoms with Crippen LogP contribution in [0.1, 0.15) is 65.2 Å². The molecule has 1 aliphatic carbocycles. The molecule has 26 heavy (non-hydrogen) atoms. The van der Waals surface area contributed by atoms with Crippen LogP contribution < -0.4 is 16.4 Å². The van der Waals surface area contributed by atoms with Gasteiger partial charge in [-0.2, -0.15) is 0 Å². The molecule has 1 unspecified atom stereocenters. The van der Waals surface area contributed by atoms with E-state index in [1.54, 1.807) is 6.92 Å². The van der Waals surface area contributed by atoms with E-state index in [1.807, 2.05) is 0 Å². The second-order valence-electron chi connectivity index (χ2n) is 7.21. The summed E-state index contributed by atoms with van der Waals surface area (Å²) in [4.78, 5) is 36.6. The Morgan fingerprint density at radius 2 is 1.77 bits per heavy atom. The molecule has 6 N–H and O–H groups in total. The summed E-state index contributed by atoms with van der Waals surface area (Å²) < 4.78 is 0. The van der Waals surface area contributed by atoms with Crippen LogP contribution in [0.25, 0.3) is 0 Å². The normalized spacial score (nSPS) is 19.9. The molecule has 1 aliphatic rings. The molecule has 1 rings (SSSR count). The molecule has 0 aromatic rings. The fourth-order valence-corrected chi connectivity index (χ4v) is 3.30. The molecule has 0 aliphatic heterocycles. The van der Waals surface area contributed by atoms with Gasteiger partial charge in [-0.3, -0.25) is 14.4 Å². The largest absolute Gasteiger partial charge is 0.391 e. The molecular formula is C18H33N3O5. The third-order valence-electron chi connectivity index (χ3n) is 4.86. The van der Waals surface area contributed by atoms with Crippen LogP contribution in [-0.2, 0) is 14.4 Å². The molecule has 3 atom stereocenters. The molecular weight excluding hydrogens is 338 g/mol. The fraction of sp³-hybridized carbons (Fsp3) is 0.833. The van der Waals surface area contributed by atoms with Crippen molar-refractivity contribution in [2.45, 2.75) is 89.0 Å². The Kier molecular flexibility index (Phi) is 9.18. The number of hydrogen-bond acceptors (Lipinski definition) is 6. The molecule has 0 aromatic heterocycles. The Labute approximate surface area is 154 Å². The van der Waals surface area contributed by atoms with E-state index >= 15 is 0 Å². The van der Waals surface area contributed by atoms with Gasteiger partial charge in [0.2, 0.25) is 11.8 Å². The van der Waals surface area contributed by atoms with E-state index in [0.29, 0.717) is 19.3 Å². The van der Waals surface area contributed by atoms with Crippen LogP contribution in [0.4, 0.5) is 0 Å². The zero-order chi connectivity index (χ0) is 19.7. The van der Waals surface area contributed by atoms with Crippen molar-refractivity contribution in [3.8, 4) is 0 Å². The number of amides is 2. The quantitative estimate of drug-likeness (QED) is 0.358. The van der Waals surface area contributed by atoms with Gasteiger partial charge in [-0.05, 0) is 32.7 Å². The van der Waals surface area contributed by atoms with Gasteiger partial charge in [0.25, 0.3) is 0 Å². The topological polar surface area (TPSA) is 142 Å². The van der Waals surface area contributed by atoms with Gasteiger partial charge in [0.15, 0.2) is 5.78 Å². The molecule has 0 aromatic carbocycles. The highest BCUT2D eigenvalue weighted by atomic mass is 16.3. The Hall–Kier alpha value is -1.51. The summed E-state index contributed by atoms with van der Waals surface area (Å²) in [5, 5.41) is 25.4. The van der Waals surface area contributed by atoms with E-state index in [1.165, 1.54) is 6.92 Å². The van der Waals surface area contributed by atoms with E-state index < -0.39 is 35.6 Å². The lowest BCUT2D eigenvalue weighted by atomic mass is 9.82. The van der Waals surface area contributed by atoms with E-state index in [0.717, 1.165) is 19.3 Å². The molecule has 0 radical (unpaired) electrons. The molecule has 150 valence electrons. The minimum Gasteiger partial charge on any atom is -0.391 e. The van der Waals surface area contributed by atoms with Crippen molar-refractivity contribution in [1.29, 1.82) is 0 Å². The van der Waals surface area contributed by atoms with Crippen LogP contribution >= 0.6 is 0 Å². The maximum Gasteiger partial charge on any atom is 0.245 e. The molecule has 8 heteroatoms. The lowest BCUT2D eigenvalue weighted by Crippen LogP contribution is -2.56. The zero-order valence-electron chi connectivity index (χ0n) is 15.8. The van der Waals surface area contributed by atoms with Crippen LogP contribution in [0.5, 0.6) is 0 Å². The number of ketones is 1. The average Bonchev–Trinajstić information content (AvgIpc) is 2.58. The first-order chi connectivity index (χ1) is 12.2. The van der Waals surface area contributed by atoms with E-state index in [9.17, 15) is 24.6 Å². The molecule has 0 spiro atoms. The number of hydrogen-bond donors (Lipinski definition) is 5. The van der Waals surface area contributed by atoms with Crippen molar-refractivity contribution >= 4 is 17.6 Å². The third-order valence-corrected chi connectivity index (χ3v) is 4.86. The highest BCUT2D eigenvalue weighted by Gasteiger charge is 2.34. The van der Waals surface area contributed by atoms with Gasteiger partial charge < -0.3 is 26.6 Å². The van der Waals surface area contributed by atoms with Gasteiger partial charge in [0.05, 0.1) is 24.2 Å². The predicted molar refractivity (Wildman–Crippen MR) is 97.2 cm³/mol. The lowest BCUT2D eigenvalue weighted by Gasteiger charge is -2.32. The minimum atomic E-state index is -1.19. The fourth-order valence-electron chi connectivity index (χ4n) is 3.30. The van der Waals surface area contributed by atoms with Gasteiger partial charge in [0.1, 0.15) is 6.04 Å². The average molecular weight is 371 g/mol. The minimum absolute atomic E-state index is 0.108. The van der Waals surface area contributed by atoms with Gasteiger partial charge in [-0.25, -0.2) is 0 Å². The van der Waals surface area contributed by atoms with E-state index in [-0.39, 0.29) is 25.2 Å². The number of nitrogens with one attached hydrogen (secondary N) is 2. The summed E-state index contributed by atoms with van der Waals surface area (Å²) in [6, 6.07) is -1.93. The van der Waals surface area contributed by atoms with Crippen molar-refractivity contribution in [2.75, 3.05) is 6.54 Å². The van der Waals surface area contributed by atoms with Crippen LogP contribution in [-0.4, -0.2) is 58.1 Å². The summed E-state index contributed by atoms with van der Waals surface area (Å²) in [5.74, 6) is -1.28. The number of aliphatic hydroxyl groups excluding tert-OH is 1. The van der Waals surface area contributed by atoms with E-state index in [4.69, 9.17) is 5.73 Å². The molecule has 0 bridgehead atoms. The highest BCUT2D eigenvalue weighted by molar-refractivity contribution is 5.93. The van der Waals surface area contributed by atoms with Crippen molar-refractivity contribution in [3.63, 3.8) is 0 Å². The lowest BCUT2D eigenvalue weighted by molar-refractivity contribution is -0.136. The summed E-state index contributed by atoms with van der Waals surface area (Å²) in [6.45, 7) is 3.31. The summed E-state index contributed by atoms with van der Waals surface area (Å²) in [6.07, 6.45) is 3.16. The number of carbonyl (C=O) groups is 3. The maximum atomic E-state index is 12.5. The van der Waals surface area contributed by atoms with Gasteiger partial charge in [0, 0.05) is 6.42 Å². The number of nitrogens with two attached hydrogens (primary N) is 1. The second kappa shape index (κ2) is 10.6. The smallest absolute Gasteiger partial charge is 0.245 e. The summed E-state index contributed by atoms with van der Waals surface area (Å²) in [7, 11) is 0. The summed E-state index contributed by atoms with van der Waals surface area (Å²) in [5.41, 5.74) is 4.43. The highest BCUT2D eigenvalue weighted by Crippen LogP contribution is 2.30. The molecule has 1 saturated carbocycles. The molecule has 0 heterocycles. The Balaban J connectivity index is 2.69. The number of Topliss-reactive ketones (excluding diaryl/α,β-unsaturated/α-hetero) is 1. The molecule has 8 nitrogen and oxygen atoms in total. The Morgan fingerprint density at radius 3 is 2.27 bits per heavy atom. The monoisotopic (exact) mass is 371 g/mol. The van der Waals surface area contributed by atoms with Crippen molar-refractivity contribution in [1.82, 2.24) is 10.6 Å². The number of aliphatic hydroxyl groups is 2. The predicted octanol–water partition coefficient (Wildman–Crippen LogP) is -0.250. The third kappa shape index (κ3) is 7.01. The van der Waals surface area contributed by atoms with E-state index in [2.05, 4.69) is 10.6 Å². The first kappa shape index (κ1) is 22.5. The Bertz CT molecular complexity index is 489. The zero-order valence-corrected chi connectivity index (χ0v) is 15.8. The van der Waals surface area contributed by atoms with Crippen LogP contribution in [0.15, 0.2) is 0 Å². The Morgan fingerprint density at radius 1 is 1.15 bits per heavy atom. The number of rotatable bonds is 10. The molecule has 1 fully saturated rings. The molecule has 0 saturated heterocycles. The van der Waals surface area contributed by atoms with Crippen LogP contribution in [0.2, 0.25) is 0 Å². The molecule has 2 amide bonds. The van der Waals surface area contributed by atoms with Crippen molar-refractivity contribution in [2.24, 2.45) is 5.73 Å². The maximum absolute atomic E-state index is 12.5. The SMILES string of the molecule is CCC(=O)[C@H](CCN)NC(=O)[C@@H](NC(=O)CC1(O)CCCCC1)C(C)O. The van der Waals surface area contributed by atoms with Crippen molar-refractivity contribution < 1.29 is 24.6 Å². The number of carbonyl (C=O) groups excluding carboxylic acids is 3. The summed E-state index contributed by atoms with van der Waals surface area (Å²) >= 11 is 0. The van der Waals surface area contributed by atoms with Gasteiger partial charge in [-0.1, -0.05) is 26.2 Å². The van der Waals surface area contributed by atoms with Crippen LogP contribution in [0, 0.1) is 0 Å². The standard InChI is InChI=1S/C18H33N3O5/c1-3-14(23)13(7-10-19)20-17(25)16(12(2)22)21-15(24)11-18(26)8-5-4-6-9-18/h12-13,16,22,26H,3-11,19H2,1-2H3,(H,20,25)(H,21,24)/t12?,13-,16-/m0/s1. The second-order valence-corrected chi connectivity index (χ2v) is 7.21. The first-order valence-corrected chi connectivity index (χ1v) is 9.45. The van der Waals surface area contributed by atoms with Gasteiger partial charge in [-0.15, -0.1) is 0 Å². The van der Waals surface area contributed by atoms with Crippen LogP contribution in [0.3, 0.4) is 0 Å².